The van der Waals surface area contributed by atoms with Crippen molar-refractivity contribution in [1.29, 1.82) is 0 Å². The minimum atomic E-state index is -2.69. The summed E-state index contributed by atoms with van der Waals surface area (Å²) in [6.07, 6.45) is 0.367. The third-order valence-corrected chi connectivity index (χ3v) is 4.88. The van der Waals surface area contributed by atoms with Gasteiger partial charge in [-0.3, -0.25) is 0 Å². The highest BCUT2D eigenvalue weighted by atomic mass is 19.3. The molecular formula is C22H22F2O3. The average molecular weight is 372 g/mol. The molecule has 2 aromatic rings. The first-order chi connectivity index (χ1) is 12.8. The number of carbonyl (C=O) groups is 1. The fourth-order valence-corrected chi connectivity index (χ4v) is 3.38. The molecular weight excluding hydrogens is 350 g/mol. The van der Waals surface area contributed by atoms with Crippen LogP contribution in [0.15, 0.2) is 54.6 Å². The molecule has 0 saturated heterocycles. The molecule has 1 atom stereocenters. The SMILES string of the molecule is O=C(O)[C@H](O)Cc1ccc(Cc2ccccc2)cc1C1=CCC(F)(F)CC1. The molecule has 0 amide bonds. The van der Waals surface area contributed by atoms with Gasteiger partial charge < -0.3 is 10.2 Å². The molecule has 5 heteroatoms. The van der Waals surface area contributed by atoms with Crippen molar-refractivity contribution in [3.63, 3.8) is 0 Å². The molecule has 0 bridgehead atoms. The van der Waals surface area contributed by atoms with Gasteiger partial charge in [-0.05, 0) is 40.7 Å². The van der Waals surface area contributed by atoms with Crippen LogP contribution in [0.5, 0.6) is 0 Å². The number of rotatable bonds is 6. The Hall–Kier alpha value is -2.53. The van der Waals surface area contributed by atoms with Crippen LogP contribution < -0.4 is 0 Å². The van der Waals surface area contributed by atoms with Gasteiger partial charge in [-0.25, -0.2) is 13.6 Å². The zero-order valence-corrected chi connectivity index (χ0v) is 14.9. The summed E-state index contributed by atoms with van der Waals surface area (Å²) in [4.78, 5) is 11.0. The van der Waals surface area contributed by atoms with Gasteiger partial charge in [-0.15, -0.1) is 0 Å². The van der Waals surface area contributed by atoms with E-state index in [-0.39, 0.29) is 25.7 Å². The maximum absolute atomic E-state index is 13.5. The topological polar surface area (TPSA) is 57.5 Å². The van der Waals surface area contributed by atoms with Gasteiger partial charge in [0.15, 0.2) is 6.10 Å². The van der Waals surface area contributed by atoms with E-state index in [9.17, 15) is 18.7 Å². The van der Waals surface area contributed by atoms with Crippen molar-refractivity contribution >= 4 is 11.5 Å². The summed E-state index contributed by atoms with van der Waals surface area (Å²) in [6.45, 7) is 0. The number of alkyl halides is 2. The van der Waals surface area contributed by atoms with E-state index in [1.807, 2.05) is 42.5 Å². The average Bonchev–Trinajstić information content (AvgIpc) is 2.64. The Labute approximate surface area is 157 Å². The maximum atomic E-state index is 13.5. The first kappa shape index (κ1) is 19.2. The summed E-state index contributed by atoms with van der Waals surface area (Å²) in [5.41, 5.74) is 4.37. The van der Waals surface area contributed by atoms with Crippen molar-refractivity contribution in [2.75, 3.05) is 0 Å². The number of halogens is 2. The van der Waals surface area contributed by atoms with E-state index in [4.69, 9.17) is 5.11 Å². The molecule has 0 fully saturated rings. The summed E-state index contributed by atoms with van der Waals surface area (Å²) >= 11 is 0. The van der Waals surface area contributed by atoms with Gasteiger partial charge in [0, 0.05) is 19.3 Å². The quantitative estimate of drug-likeness (QED) is 0.787. The number of aliphatic carboxylic acids is 1. The molecule has 27 heavy (non-hydrogen) atoms. The number of benzene rings is 2. The second kappa shape index (κ2) is 8.01. The van der Waals surface area contributed by atoms with Crippen molar-refractivity contribution in [3.05, 3.63) is 76.9 Å². The summed E-state index contributed by atoms with van der Waals surface area (Å²) in [7, 11) is 0. The Bertz CT molecular complexity index is 844. The first-order valence-corrected chi connectivity index (χ1v) is 8.98. The van der Waals surface area contributed by atoms with Crippen LogP contribution in [0.1, 0.15) is 41.5 Å². The predicted octanol–water partition coefficient (Wildman–Crippen LogP) is 4.47. The van der Waals surface area contributed by atoms with Crippen LogP contribution in [-0.4, -0.2) is 28.2 Å². The van der Waals surface area contributed by atoms with Crippen LogP contribution in [-0.2, 0) is 17.6 Å². The molecule has 0 aliphatic heterocycles. The van der Waals surface area contributed by atoms with E-state index >= 15 is 0 Å². The fourth-order valence-electron chi connectivity index (χ4n) is 3.38. The van der Waals surface area contributed by atoms with E-state index in [0.717, 1.165) is 22.3 Å². The Kier molecular flexibility index (Phi) is 5.71. The lowest BCUT2D eigenvalue weighted by atomic mass is 9.86. The number of hydrogen-bond acceptors (Lipinski definition) is 2. The molecule has 2 N–H and O–H groups in total. The van der Waals surface area contributed by atoms with Crippen LogP contribution in [0.25, 0.3) is 5.57 Å². The van der Waals surface area contributed by atoms with Gasteiger partial charge in [0.05, 0.1) is 0 Å². The van der Waals surface area contributed by atoms with Crippen molar-refractivity contribution in [2.24, 2.45) is 0 Å². The van der Waals surface area contributed by atoms with Crippen LogP contribution >= 0.6 is 0 Å². The molecule has 3 rings (SSSR count). The van der Waals surface area contributed by atoms with E-state index in [2.05, 4.69) is 0 Å². The minimum absolute atomic E-state index is 0.0516. The molecule has 2 aromatic carbocycles. The highest BCUT2D eigenvalue weighted by Gasteiger charge is 2.31. The Morgan fingerprint density at radius 2 is 1.85 bits per heavy atom. The summed E-state index contributed by atoms with van der Waals surface area (Å²) < 4.78 is 27.0. The molecule has 0 unspecified atom stereocenters. The van der Waals surface area contributed by atoms with Crippen molar-refractivity contribution in [1.82, 2.24) is 0 Å². The molecule has 1 aliphatic carbocycles. The third kappa shape index (κ3) is 5.01. The van der Waals surface area contributed by atoms with Crippen LogP contribution in [0.2, 0.25) is 0 Å². The van der Waals surface area contributed by atoms with Crippen molar-refractivity contribution < 1.29 is 23.8 Å². The van der Waals surface area contributed by atoms with Crippen LogP contribution in [0, 0.1) is 0 Å². The van der Waals surface area contributed by atoms with Gasteiger partial charge >= 0.3 is 5.97 Å². The molecule has 0 radical (unpaired) electrons. The third-order valence-electron chi connectivity index (χ3n) is 4.88. The van der Waals surface area contributed by atoms with Crippen molar-refractivity contribution in [2.45, 2.75) is 44.1 Å². The van der Waals surface area contributed by atoms with Crippen LogP contribution in [0.3, 0.4) is 0 Å². The zero-order valence-electron chi connectivity index (χ0n) is 14.9. The lowest BCUT2D eigenvalue weighted by molar-refractivity contribution is -0.146. The number of aliphatic hydroxyl groups is 1. The Morgan fingerprint density at radius 3 is 2.48 bits per heavy atom. The number of allylic oxidation sites excluding steroid dienone is 2. The van der Waals surface area contributed by atoms with E-state index in [1.54, 1.807) is 12.1 Å². The monoisotopic (exact) mass is 372 g/mol. The number of carboxylic acid groups (broad SMARTS) is 1. The highest BCUT2D eigenvalue weighted by Crippen LogP contribution is 2.38. The summed E-state index contributed by atoms with van der Waals surface area (Å²) in [6, 6.07) is 15.5. The number of carboxylic acids is 1. The molecule has 142 valence electrons. The molecule has 1 aliphatic rings. The highest BCUT2D eigenvalue weighted by molar-refractivity contribution is 5.74. The predicted molar refractivity (Wildman–Crippen MR) is 99.8 cm³/mol. The fraction of sp³-hybridized carbons (Fsp3) is 0.318. The van der Waals surface area contributed by atoms with Gasteiger partial charge in [0.1, 0.15) is 0 Å². The molecule has 0 heterocycles. The van der Waals surface area contributed by atoms with Crippen LogP contribution in [0.4, 0.5) is 8.78 Å². The molecule has 0 saturated carbocycles. The smallest absolute Gasteiger partial charge is 0.332 e. The summed E-state index contributed by atoms with van der Waals surface area (Å²) in [5, 5.41) is 18.8. The number of aliphatic hydroxyl groups excluding tert-OH is 1. The lowest BCUT2D eigenvalue weighted by Gasteiger charge is -2.24. The zero-order chi connectivity index (χ0) is 19.4. The Balaban J connectivity index is 1.93. The minimum Gasteiger partial charge on any atom is -0.479 e. The largest absolute Gasteiger partial charge is 0.479 e. The molecule has 3 nitrogen and oxygen atoms in total. The molecule has 0 aromatic heterocycles. The lowest BCUT2D eigenvalue weighted by Crippen LogP contribution is -2.23. The number of hydrogen-bond donors (Lipinski definition) is 2. The van der Waals surface area contributed by atoms with Gasteiger partial charge in [-0.2, -0.15) is 0 Å². The molecule has 0 spiro atoms. The van der Waals surface area contributed by atoms with Crippen molar-refractivity contribution in [3.8, 4) is 0 Å². The van der Waals surface area contributed by atoms with E-state index < -0.39 is 18.0 Å². The van der Waals surface area contributed by atoms with E-state index in [1.165, 1.54) is 0 Å². The van der Waals surface area contributed by atoms with Gasteiger partial charge in [0.2, 0.25) is 0 Å². The summed E-state index contributed by atoms with van der Waals surface area (Å²) in [5.74, 6) is -3.98. The second-order valence-corrected chi connectivity index (χ2v) is 7.00. The normalized spacial score (nSPS) is 17.2. The standard InChI is InChI=1S/C22H22F2O3/c23-22(24)10-8-17(9-11-22)19-13-16(12-15-4-2-1-3-5-15)6-7-18(19)14-20(25)21(26)27/h1-8,13,20,25H,9-12,14H2,(H,26,27)/t20-/m1/s1. The first-order valence-electron chi connectivity index (χ1n) is 8.98. The Morgan fingerprint density at radius 1 is 1.11 bits per heavy atom. The van der Waals surface area contributed by atoms with Gasteiger partial charge in [0.25, 0.3) is 5.92 Å². The van der Waals surface area contributed by atoms with Gasteiger partial charge in [-0.1, -0.05) is 54.6 Å². The second-order valence-electron chi connectivity index (χ2n) is 7.00. The van der Waals surface area contributed by atoms with E-state index in [0.29, 0.717) is 12.0 Å². The maximum Gasteiger partial charge on any atom is 0.332 e.